The molecule has 0 radical (unpaired) electrons. The smallest absolute Gasteiger partial charge is 0.317 e. The first-order chi connectivity index (χ1) is 13.6. The predicted octanol–water partition coefficient (Wildman–Crippen LogP) is 4.47. The standard InChI is InChI=1S/C22H28ClN3O2/c1-3-21(18-6-8-19(23)9-7-18)24-22(27)25(2)16-17-4-10-20(11-5-17)26-12-14-28-15-13-26/h4-11,21H,3,12-16H2,1-2H3,(H,24,27). The average Bonchev–Trinajstić information content (AvgIpc) is 2.73. The molecule has 1 atom stereocenters. The largest absolute Gasteiger partial charge is 0.378 e. The van der Waals surface area contributed by atoms with E-state index in [4.69, 9.17) is 16.3 Å². The van der Waals surface area contributed by atoms with Crippen LogP contribution < -0.4 is 10.2 Å². The second kappa shape index (κ2) is 9.80. The highest BCUT2D eigenvalue weighted by molar-refractivity contribution is 6.30. The summed E-state index contributed by atoms with van der Waals surface area (Å²) in [4.78, 5) is 16.7. The Morgan fingerprint density at radius 3 is 2.39 bits per heavy atom. The topological polar surface area (TPSA) is 44.8 Å². The van der Waals surface area contributed by atoms with Crippen LogP contribution in [0.5, 0.6) is 0 Å². The fraction of sp³-hybridized carbons (Fsp3) is 0.409. The van der Waals surface area contributed by atoms with E-state index >= 15 is 0 Å². The van der Waals surface area contributed by atoms with E-state index in [1.54, 1.807) is 4.90 Å². The van der Waals surface area contributed by atoms with E-state index < -0.39 is 0 Å². The van der Waals surface area contributed by atoms with Crippen molar-refractivity contribution < 1.29 is 9.53 Å². The predicted molar refractivity (Wildman–Crippen MR) is 114 cm³/mol. The van der Waals surface area contributed by atoms with E-state index in [1.165, 1.54) is 5.69 Å². The third-order valence-electron chi connectivity index (χ3n) is 5.06. The molecule has 2 aromatic rings. The maximum atomic E-state index is 12.6. The van der Waals surface area contributed by atoms with E-state index in [0.29, 0.717) is 11.6 Å². The summed E-state index contributed by atoms with van der Waals surface area (Å²) >= 11 is 5.96. The van der Waals surface area contributed by atoms with Gasteiger partial charge in [0.1, 0.15) is 0 Å². The van der Waals surface area contributed by atoms with E-state index in [0.717, 1.165) is 43.9 Å². The summed E-state index contributed by atoms with van der Waals surface area (Å²) < 4.78 is 5.40. The zero-order valence-corrected chi connectivity index (χ0v) is 17.3. The summed E-state index contributed by atoms with van der Waals surface area (Å²) in [6.07, 6.45) is 0.815. The molecular weight excluding hydrogens is 374 g/mol. The van der Waals surface area contributed by atoms with Crippen LogP contribution in [0, 0.1) is 0 Å². The molecule has 5 nitrogen and oxygen atoms in total. The fourth-order valence-electron chi connectivity index (χ4n) is 3.35. The zero-order valence-electron chi connectivity index (χ0n) is 16.5. The lowest BCUT2D eigenvalue weighted by Crippen LogP contribution is -2.39. The minimum Gasteiger partial charge on any atom is -0.378 e. The van der Waals surface area contributed by atoms with Gasteiger partial charge in [-0.2, -0.15) is 0 Å². The lowest BCUT2D eigenvalue weighted by Gasteiger charge is -2.29. The van der Waals surface area contributed by atoms with Crippen molar-refractivity contribution in [3.8, 4) is 0 Å². The van der Waals surface area contributed by atoms with Crippen LogP contribution in [0.4, 0.5) is 10.5 Å². The van der Waals surface area contributed by atoms with Crippen molar-refractivity contribution in [3.63, 3.8) is 0 Å². The highest BCUT2D eigenvalue weighted by atomic mass is 35.5. The highest BCUT2D eigenvalue weighted by Gasteiger charge is 2.16. The van der Waals surface area contributed by atoms with Crippen LogP contribution in [0.15, 0.2) is 48.5 Å². The first-order valence-electron chi connectivity index (χ1n) is 9.75. The monoisotopic (exact) mass is 401 g/mol. The molecule has 1 unspecified atom stereocenters. The van der Waals surface area contributed by atoms with Gasteiger partial charge in [-0.1, -0.05) is 42.8 Å². The summed E-state index contributed by atoms with van der Waals surface area (Å²) in [5, 5.41) is 3.80. The maximum absolute atomic E-state index is 12.6. The number of hydrogen-bond acceptors (Lipinski definition) is 3. The van der Waals surface area contributed by atoms with Crippen molar-refractivity contribution in [2.45, 2.75) is 25.9 Å². The van der Waals surface area contributed by atoms with Crippen LogP contribution in [0.3, 0.4) is 0 Å². The third kappa shape index (κ3) is 5.40. The Balaban J connectivity index is 1.56. The van der Waals surface area contributed by atoms with Gasteiger partial charge in [0, 0.05) is 37.4 Å². The van der Waals surface area contributed by atoms with Gasteiger partial charge in [0.05, 0.1) is 19.3 Å². The number of nitrogens with one attached hydrogen (secondary N) is 1. The molecule has 28 heavy (non-hydrogen) atoms. The first-order valence-corrected chi connectivity index (χ1v) is 10.1. The van der Waals surface area contributed by atoms with E-state index in [-0.39, 0.29) is 12.1 Å². The fourth-order valence-corrected chi connectivity index (χ4v) is 3.48. The summed E-state index contributed by atoms with van der Waals surface area (Å²) in [6, 6.07) is 15.9. The van der Waals surface area contributed by atoms with Gasteiger partial charge in [-0.25, -0.2) is 4.79 Å². The Morgan fingerprint density at radius 2 is 1.79 bits per heavy atom. The number of urea groups is 1. The van der Waals surface area contributed by atoms with Crippen molar-refractivity contribution >= 4 is 23.3 Å². The number of amides is 2. The molecule has 1 heterocycles. The lowest BCUT2D eigenvalue weighted by molar-refractivity contribution is 0.122. The van der Waals surface area contributed by atoms with Crippen LogP contribution in [0.2, 0.25) is 5.02 Å². The molecule has 1 saturated heterocycles. The van der Waals surface area contributed by atoms with Crippen LogP contribution in [0.25, 0.3) is 0 Å². The zero-order chi connectivity index (χ0) is 19.9. The van der Waals surface area contributed by atoms with Gasteiger partial charge in [-0.05, 0) is 41.8 Å². The van der Waals surface area contributed by atoms with Gasteiger partial charge in [0.2, 0.25) is 0 Å². The van der Waals surface area contributed by atoms with Gasteiger partial charge >= 0.3 is 6.03 Å². The molecule has 0 spiro atoms. The molecule has 150 valence electrons. The van der Waals surface area contributed by atoms with Gasteiger partial charge in [-0.15, -0.1) is 0 Å². The molecule has 2 amide bonds. The van der Waals surface area contributed by atoms with Crippen molar-refractivity contribution in [3.05, 3.63) is 64.7 Å². The maximum Gasteiger partial charge on any atom is 0.317 e. The molecule has 0 aliphatic carbocycles. The van der Waals surface area contributed by atoms with Crippen LogP contribution in [-0.2, 0) is 11.3 Å². The van der Waals surface area contributed by atoms with Gasteiger partial charge in [-0.3, -0.25) is 0 Å². The number of morpholine rings is 1. The summed E-state index contributed by atoms with van der Waals surface area (Å²) in [5.74, 6) is 0. The number of hydrogen-bond donors (Lipinski definition) is 1. The van der Waals surface area contributed by atoms with Crippen molar-refractivity contribution in [1.29, 1.82) is 0 Å². The molecule has 0 saturated carbocycles. The van der Waals surface area contributed by atoms with Gasteiger partial charge in [0.15, 0.2) is 0 Å². The van der Waals surface area contributed by atoms with E-state index in [9.17, 15) is 4.79 Å². The Bertz CT molecular complexity index is 758. The van der Waals surface area contributed by atoms with Crippen LogP contribution >= 0.6 is 11.6 Å². The van der Waals surface area contributed by atoms with Gasteiger partial charge in [0.25, 0.3) is 0 Å². The minimum absolute atomic E-state index is 0.0316. The summed E-state index contributed by atoms with van der Waals surface area (Å²) in [7, 11) is 1.82. The molecule has 1 aliphatic rings. The van der Waals surface area contributed by atoms with E-state index in [1.807, 2.05) is 31.3 Å². The first kappa shape index (κ1) is 20.5. The number of carbonyl (C=O) groups excluding carboxylic acids is 1. The summed E-state index contributed by atoms with van der Waals surface area (Å²) in [6.45, 7) is 6.01. The number of ether oxygens (including phenoxy) is 1. The molecule has 1 aliphatic heterocycles. The SMILES string of the molecule is CCC(NC(=O)N(C)Cc1ccc(N2CCOCC2)cc1)c1ccc(Cl)cc1. The quantitative estimate of drug-likeness (QED) is 0.776. The van der Waals surface area contributed by atoms with Crippen molar-refractivity contribution in [2.75, 3.05) is 38.3 Å². The highest BCUT2D eigenvalue weighted by Crippen LogP contribution is 2.20. The number of nitrogens with zero attached hydrogens (tertiary/aromatic N) is 2. The van der Waals surface area contributed by atoms with Crippen molar-refractivity contribution in [1.82, 2.24) is 10.2 Å². The number of anilines is 1. The Morgan fingerprint density at radius 1 is 1.14 bits per heavy atom. The summed E-state index contributed by atoms with van der Waals surface area (Å²) in [5.41, 5.74) is 3.37. The second-order valence-electron chi connectivity index (χ2n) is 7.08. The second-order valence-corrected chi connectivity index (χ2v) is 7.52. The number of halogens is 1. The van der Waals surface area contributed by atoms with Crippen molar-refractivity contribution in [2.24, 2.45) is 0 Å². The molecule has 2 aromatic carbocycles. The third-order valence-corrected chi connectivity index (χ3v) is 5.31. The number of benzene rings is 2. The number of rotatable bonds is 6. The van der Waals surface area contributed by atoms with Crippen LogP contribution in [-0.4, -0.2) is 44.3 Å². The van der Waals surface area contributed by atoms with Gasteiger partial charge < -0.3 is 19.9 Å². The Hall–Kier alpha value is -2.24. The molecular formula is C22H28ClN3O2. The van der Waals surface area contributed by atoms with Crippen LogP contribution in [0.1, 0.15) is 30.5 Å². The molecule has 0 aromatic heterocycles. The average molecular weight is 402 g/mol. The Kier molecular flexibility index (Phi) is 7.18. The lowest BCUT2D eigenvalue weighted by atomic mass is 10.1. The molecule has 1 N–H and O–H groups in total. The van der Waals surface area contributed by atoms with E-state index in [2.05, 4.69) is 41.4 Å². The molecule has 1 fully saturated rings. The molecule has 3 rings (SSSR count). The molecule has 0 bridgehead atoms. The molecule has 6 heteroatoms. The Labute approximate surface area is 172 Å². The minimum atomic E-state index is -0.0842. The number of carbonyl (C=O) groups is 1. The normalized spacial score (nSPS) is 15.2.